The van der Waals surface area contributed by atoms with Crippen LogP contribution in [0.2, 0.25) is 0 Å². The second kappa shape index (κ2) is 14.4. The molecule has 31 heavy (non-hydrogen) atoms. The molecule has 13 heteroatoms. The summed E-state index contributed by atoms with van der Waals surface area (Å²) in [5, 5.41) is 17.9. The van der Waals surface area contributed by atoms with Crippen LogP contribution in [0.4, 0.5) is 0 Å². The molecular formula is C18H20MnN10O2. The number of imidazole rings is 2. The third-order valence-electron chi connectivity index (χ3n) is 4.04. The molecule has 0 saturated carbocycles. The monoisotopic (exact) mass is 463 g/mol. The SMILES string of the molecule is Cn1c(CO)nc2ccccc21.Cn1c(CO)nc2ccccc21.[Mn+2].[N-]=[N+]=[N-].[N-]=[N+]=[N-]. The average Bonchev–Trinajstić information content (AvgIpc) is 3.27. The zero-order valence-electron chi connectivity index (χ0n) is 16.8. The number of aryl methyl sites for hydroxylation is 2. The van der Waals surface area contributed by atoms with Gasteiger partial charge in [0.05, 0.1) is 22.1 Å². The normalized spacial score (nSPS) is 8.90. The fourth-order valence-electron chi connectivity index (χ4n) is 2.67. The van der Waals surface area contributed by atoms with Gasteiger partial charge in [-0.25, -0.2) is 9.97 Å². The molecule has 0 aliphatic carbocycles. The molecule has 2 aromatic heterocycles. The molecule has 0 fully saturated rings. The van der Waals surface area contributed by atoms with Gasteiger partial charge in [0.1, 0.15) is 24.9 Å². The predicted molar refractivity (Wildman–Crippen MR) is 113 cm³/mol. The Balaban J connectivity index is 0.000000453. The molecule has 0 aliphatic heterocycles. The number of hydrogen-bond acceptors (Lipinski definition) is 4. The quantitative estimate of drug-likeness (QED) is 0.197. The van der Waals surface area contributed by atoms with Gasteiger partial charge in [-0.05, 0) is 24.3 Å². The van der Waals surface area contributed by atoms with Gasteiger partial charge in [-0.15, -0.1) is 0 Å². The molecule has 1 radical (unpaired) electrons. The molecule has 0 amide bonds. The van der Waals surface area contributed by atoms with Crippen molar-refractivity contribution >= 4 is 22.1 Å². The van der Waals surface area contributed by atoms with Crippen LogP contribution in [0.25, 0.3) is 54.0 Å². The summed E-state index contributed by atoms with van der Waals surface area (Å²) in [5.74, 6) is 1.41. The maximum atomic E-state index is 8.94. The molecule has 0 spiro atoms. The molecule has 0 saturated heterocycles. The van der Waals surface area contributed by atoms with Crippen molar-refractivity contribution in [2.24, 2.45) is 14.1 Å². The van der Waals surface area contributed by atoms with E-state index in [0.29, 0.717) is 11.6 Å². The Morgan fingerprint density at radius 2 is 1.00 bits per heavy atom. The number of fused-ring (bicyclic) bond motifs is 2. The molecule has 12 nitrogen and oxygen atoms in total. The van der Waals surface area contributed by atoms with E-state index in [1.807, 2.05) is 71.8 Å². The van der Waals surface area contributed by atoms with Crippen LogP contribution < -0.4 is 0 Å². The number of para-hydroxylation sites is 4. The molecule has 0 atom stereocenters. The molecule has 4 rings (SSSR count). The van der Waals surface area contributed by atoms with E-state index in [1.165, 1.54) is 9.82 Å². The van der Waals surface area contributed by atoms with Gasteiger partial charge in [0.25, 0.3) is 0 Å². The largest absolute Gasteiger partial charge is 2.00 e. The number of rotatable bonds is 2. The van der Waals surface area contributed by atoms with Gasteiger partial charge in [0.2, 0.25) is 0 Å². The molecule has 0 bridgehead atoms. The van der Waals surface area contributed by atoms with Crippen molar-refractivity contribution in [3.05, 3.63) is 92.1 Å². The minimum atomic E-state index is -0.00875. The van der Waals surface area contributed by atoms with E-state index in [-0.39, 0.29) is 30.3 Å². The molecule has 0 unspecified atom stereocenters. The van der Waals surface area contributed by atoms with Crippen molar-refractivity contribution in [1.29, 1.82) is 0 Å². The van der Waals surface area contributed by atoms with Gasteiger partial charge in [-0.2, -0.15) is 0 Å². The van der Waals surface area contributed by atoms with E-state index in [9.17, 15) is 0 Å². The number of nitrogens with zero attached hydrogens (tertiary/aromatic N) is 10. The van der Waals surface area contributed by atoms with Crippen molar-refractivity contribution in [2.45, 2.75) is 13.2 Å². The minimum absolute atomic E-state index is 0. The summed E-state index contributed by atoms with van der Waals surface area (Å²) in [6, 6.07) is 15.7. The van der Waals surface area contributed by atoms with Gasteiger partial charge in [-0.1, -0.05) is 24.3 Å². The Hall–Kier alpha value is -3.56. The number of benzene rings is 2. The third-order valence-corrected chi connectivity index (χ3v) is 4.04. The molecule has 4 aromatic rings. The predicted octanol–water partition coefficient (Wildman–Crippen LogP) is 3.86. The second-order valence-corrected chi connectivity index (χ2v) is 5.65. The van der Waals surface area contributed by atoms with E-state index < -0.39 is 0 Å². The second-order valence-electron chi connectivity index (χ2n) is 5.65. The van der Waals surface area contributed by atoms with Crippen molar-refractivity contribution in [3.63, 3.8) is 0 Å². The van der Waals surface area contributed by atoms with E-state index in [0.717, 1.165) is 22.1 Å². The first kappa shape index (κ1) is 27.4. The summed E-state index contributed by atoms with van der Waals surface area (Å²) in [7, 11) is 3.81. The zero-order chi connectivity index (χ0) is 22.5. The van der Waals surface area contributed by atoms with Crippen LogP contribution in [0.3, 0.4) is 0 Å². The maximum absolute atomic E-state index is 8.94. The Kier molecular flexibility index (Phi) is 12.8. The first-order valence-electron chi connectivity index (χ1n) is 8.48. The van der Waals surface area contributed by atoms with Crippen LogP contribution in [0, 0.1) is 0 Å². The van der Waals surface area contributed by atoms with Gasteiger partial charge in [-0.3, -0.25) is 9.82 Å². The number of hydrogen-bond donors (Lipinski definition) is 2. The smallest absolute Gasteiger partial charge is 0.388 e. The van der Waals surface area contributed by atoms with Crippen molar-refractivity contribution < 1.29 is 27.3 Å². The number of aromatic nitrogens is 4. The van der Waals surface area contributed by atoms with Gasteiger partial charge in [0.15, 0.2) is 0 Å². The minimum Gasteiger partial charge on any atom is -0.388 e. The van der Waals surface area contributed by atoms with Gasteiger partial charge in [0, 0.05) is 14.1 Å². The molecule has 0 aliphatic rings. The van der Waals surface area contributed by atoms with Crippen molar-refractivity contribution in [3.8, 4) is 0 Å². The van der Waals surface area contributed by atoms with E-state index in [1.54, 1.807) is 0 Å². The Bertz CT molecular complexity index is 1070. The summed E-state index contributed by atoms with van der Waals surface area (Å²) < 4.78 is 3.80. The van der Waals surface area contributed by atoms with Crippen molar-refractivity contribution in [2.75, 3.05) is 0 Å². The van der Waals surface area contributed by atoms with Crippen molar-refractivity contribution in [1.82, 2.24) is 19.1 Å². The van der Waals surface area contributed by atoms with E-state index in [4.69, 9.17) is 32.3 Å². The number of aliphatic hydroxyl groups excluding tert-OH is 2. The molecule has 2 N–H and O–H groups in total. The fourth-order valence-corrected chi connectivity index (χ4v) is 2.67. The topological polar surface area (TPSA) is 194 Å². The van der Waals surface area contributed by atoms with Gasteiger partial charge >= 0.3 is 17.1 Å². The summed E-state index contributed by atoms with van der Waals surface area (Å²) in [6.07, 6.45) is 0. The average molecular weight is 463 g/mol. The van der Waals surface area contributed by atoms with Crippen LogP contribution in [0.1, 0.15) is 11.6 Å². The molecular weight excluding hydrogens is 443 g/mol. The maximum Gasteiger partial charge on any atom is 2.00 e. The molecule has 2 heterocycles. The summed E-state index contributed by atoms with van der Waals surface area (Å²) in [6.45, 7) is -0.0175. The number of aliphatic hydroxyl groups is 2. The fraction of sp³-hybridized carbons (Fsp3) is 0.222. The van der Waals surface area contributed by atoms with E-state index in [2.05, 4.69) is 9.97 Å². The summed E-state index contributed by atoms with van der Waals surface area (Å²) >= 11 is 0. The van der Waals surface area contributed by atoms with E-state index >= 15 is 0 Å². The molecule has 2 aromatic carbocycles. The van der Waals surface area contributed by atoms with Crippen LogP contribution in [0.15, 0.2) is 48.5 Å². The molecule has 161 valence electrons. The Morgan fingerprint density at radius 3 is 1.26 bits per heavy atom. The Labute approximate surface area is 188 Å². The first-order valence-corrected chi connectivity index (χ1v) is 8.48. The van der Waals surface area contributed by atoms with Crippen LogP contribution in [-0.2, 0) is 44.4 Å². The summed E-state index contributed by atoms with van der Waals surface area (Å²) in [5.41, 5.74) is 31.0. The van der Waals surface area contributed by atoms with Crippen LogP contribution >= 0.6 is 0 Å². The van der Waals surface area contributed by atoms with Gasteiger partial charge < -0.3 is 41.5 Å². The standard InChI is InChI=1S/2C9H10N2O.Mn.2N3/c2*1-11-8-5-3-2-4-7(8)10-9(11)6-12;;2*1-3-2/h2*2-5,12H,6H2,1H3;;;/q;;+2;2*-1. The van der Waals surface area contributed by atoms with Crippen LogP contribution in [-0.4, -0.2) is 29.3 Å². The first-order chi connectivity index (χ1) is 14.5. The summed E-state index contributed by atoms with van der Waals surface area (Å²) in [4.78, 5) is 11.5. The zero-order valence-corrected chi connectivity index (χ0v) is 18.0. The third kappa shape index (κ3) is 7.32. The Morgan fingerprint density at radius 1 is 0.710 bits per heavy atom. The van der Waals surface area contributed by atoms with Crippen LogP contribution in [0.5, 0.6) is 0 Å².